The van der Waals surface area contributed by atoms with E-state index in [4.69, 9.17) is 4.74 Å². The van der Waals surface area contributed by atoms with Crippen molar-refractivity contribution in [3.8, 4) is 5.88 Å². The average Bonchev–Trinajstić information content (AvgIpc) is 3.01. The van der Waals surface area contributed by atoms with E-state index in [1.54, 1.807) is 10.7 Å². The van der Waals surface area contributed by atoms with Crippen molar-refractivity contribution in [1.82, 2.24) is 20.1 Å². The number of amides is 1. The zero-order valence-corrected chi connectivity index (χ0v) is 11.4. The second kappa shape index (κ2) is 5.00. The van der Waals surface area contributed by atoms with Crippen molar-refractivity contribution >= 4 is 17.2 Å². The Bertz CT molecular complexity index is 581. The van der Waals surface area contributed by atoms with Gasteiger partial charge in [0.1, 0.15) is 5.01 Å². The molecule has 1 N–H and O–H groups in total. The molecule has 19 heavy (non-hydrogen) atoms. The predicted octanol–water partition coefficient (Wildman–Crippen LogP) is 1.36. The SMILES string of the molecule is Cc1csc(CNC(=O)c2cc3n(n2)CCCO3)n1. The van der Waals surface area contributed by atoms with Gasteiger partial charge in [0.25, 0.3) is 5.91 Å². The second-order valence-corrected chi connectivity index (χ2v) is 5.30. The molecule has 1 aliphatic rings. The molecular formula is C12H14N4O2S. The molecule has 0 spiro atoms. The van der Waals surface area contributed by atoms with Crippen LogP contribution in [0.5, 0.6) is 5.88 Å². The summed E-state index contributed by atoms with van der Waals surface area (Å²) in [6.45, 7) is 3.85. The van der Waals surface area contributed by atoms with Crippen molar-refractivity contribution in [2.45, 2.75) is 26.4 Å². The van der Waals surface area contributed by atoms with Gasteiger partial charge in [-0.15, -0.1) is 11.3 Å². The Kier molecular flexibility index (Phi) is 3.20. The van der Waals surface area contributed by atoms with E-state index in [0.717, 1.165) is 23.7 Å². The molecule has 2 aromatic rings. The summed E-state index contributed by atoms with van der Waals surface area (Å²) in [6.07, 6.45) is 0.925. The Morgan fingerprint density at radius 2 is 2.53 bits per heavy atom. The van der Waals surface area contributed by atoms with Crippen molar-refractivity contribution in [2.75, 3.05) is 6.61 Å². The molecule has 1 amide bonds. The van der Waals surface area contributed by atoms with Crippen molar-refractivity contribution in [1.29, 1.82) is 0 Å². The van der Waals surface area contributed by atoms with E-state index < -0.39 is 0 Å². The smallest absolute Gasteiger partial charge is 0.272 e. The van der Waals surface area contributed by atoms with E-state index in [9.17, 15) is 4.79 Å². The van der Waals surface area contributed by atoms with Crippen LogP contribution in [0.15, 0.2) is 11.4 Å². The molecule has 0 saturated carbocycles. The van der Waals surface area contributed by atoms with Crippen LogP contribution in [-0.2, 0) is 13.1 Å². The maximum atomic E-state index is 12.0. The van der Waals surface area contributed by atoms with Gasteiger partial charge in [-0.1, -0.05) is 0 Å². The van der Waals surface area contributed by atoms with Gasteiger partial charge in [-0.3, -0.25) is 4.79 Å². The highest BCUT2D eigenvalue weighted by molar-refractivity contribution is 7.09. The minimum Gasteiger partial charge on any atom is -0.478 e. The third-order valence-corrected chi connectivity index (χ3v) is 3.77. The van der Waals surface area contributed by atoms with Crippen molar-refractivity contribution in [2.24, 2.45) is 0 Å². The number of carbonyl (C=O) groups excluding carboxylic acids is 1. The number of aryl methyl sites for hydroxylation is 2. The molecule has 0 fully saturated rings. The van der Waals surface area contributed by atoms with Crippen LogP contribution in [-0.4, -0.2) is 27.3 Å². The van der Waals surface area contributed by atoms with Gasteiger partial charge in [-0.2, -0.15) is 5.10 Å². The molecule has 0 unspecified atom stereocenters. The normalized spacial score (nSPS) is 13.7. The molecule has 0 saturated heterocycles. The standard InChI is InChI=1S/C12H14N4O2S/c1-8-7-19-10(14-8)6-13-12(17)9-5-11-16(15-9)3-2-4-18-11/h5,7H,2-4,6H2,1H3,(H,13,17). The molecule has 7 heteroatoms. The fourth-order valence-electron chi connectivity index (χ4n) is 1.91. The highest BCUT2D eigenvalue weighted by Gasteiger charge is 2.17. The number of hydrogen-bond donors (Lipinski definition) is 1. The Morgan fingerprint density at radius 3 is 3.26 bits per heavy atom. The lowest BCUT2D eigenvalue weighted by atomic mass is 10.4. The topological polar surface area (TPSA) is 69.0 Å². The molecule has 0 atom stereocenters. The first kappa shape index (κ1) is 12.2. The van der Waals surface area contributed by atoms with E-state index in [1.165, 1.54) is 11.3 Å². The van der Waals surface area contributed by atoms with E-state index in [2.05, 4.69) is 15.4 Å². The molecule has 3 heterocycles. The average molecular weight is 278 g/mol. The van der Waals surface area contributed by atoms with Crippen LogP contribution in [0, 0.1) is 6.92 Å². The number of nitrogens with zero attached hydrogens (tertiary/aromatic N) is 3. The van der Waals surface area contributed by atoms with Gasteiger partial charge in [0, 0.05) is 30.1 Å². The highest BCUT2D eigenvalue weighted by Crippen LogP contribution is 2.18. The summed E-state index contributed by atoms with van der Waals surface area (Å²) >= 11 is 1.54. The van der Waals surface area contributed by atoms with Crippen LogP contribution in [0.3, 0.4) is 0 Å². The molecule has 1 aliphatic heterocycles. The van der Waals surface area contributed by atoms with Crippen LogP contribution >= 0.6 is 11.3 Å². The van der Waals surface area contributed by atoms with E-state index in [1.807, 2.05) is 12.3 Å². The van der Waals surface area contributed by atoms with Crippen molar-refractivity contribution in [3.63, 3.8) is 0 Å². The van der Waals surface area contributed by atoms with Crippen LogP contribution in [0.2, 0.25) is 0 Å². The van der Waals surface area contributed by atoms with Gasteiger partial charge in [-0.05, 0) is 6.92 Å². The molecule has 2 aromatic heterocycles. The predicted molar refractivity (Wildman–Crippen MR) is 70.4 cm³/mol. The number of rotatable bonds is 3. The number of ether oxygens (including phenoxy) is 1. The van der Waals surface area contributed by atoms with Gasteiger partial charge < -0.3 is 10.1 Å². The number of nitrogens with one attached hydrogen (secondary N) is 1. The molecular weight excluding hydrogens is 264 g/mol. The monoisotopic (exact) mass is 278 g/mol. The summed E-state index contributed by atoms with van der Waals surface area (Å²) in [5, 5.41) is 9.90. The van der Waals surface area contributed by atoms with Gasteiger partial charge in [0.15, 0.2) is 5.69 Å². The summed E-state index contributed by atoms with van der Waals surface area (Å²) in [4.78, 5) is 16.3. The molecule has 3 rings (SSSR count). The second-order valence-electron chi connectivity index (χ2n) is 4.36. The first-order valence-corrected chi connectivity index (χ1v) is 7.00. The summed E-state index contributed by atoms with van der Waals surface area (Å²) in [5.74, 6) is 0.472. The first-order chi connectivity index (χ1) is 9.22. The molecule has 0 aromatic carbocycles. The molecule has 0 aliphatic carbocycles. The maximum Gasteiger partial charge on any atom is 0.272 e. The Balaban J connectivity index is 1.65. The first-order valence-electron chi connectivity index (χ1n) is 6.12. The fraction of sp³-hybridized carbons (Fsp3) is 0.417. The Hall–Kier alpha value is -1.89. The highest BCUT2D eigenvalue weighted by atomic mass is 32.1. The van der Waals surface area contributed by atoms with Gasteiger partial charge >= 0.3 is 0 Å². The Labute approximate surface area is 114 Å². The van der Waals surface area contributed by atoms with Crippen LogP contribution in [0.4, 0.5) is 0 Å². The van der Waals surface area contributed by atoms with Crippen LogP contribution in [0.25, 0.3) is 0 Å². The van der Waals surface area contributed by atoms with Gasteiger partial charge in [-0.25, -0.2) is 9.67 Å². The maximum absolute atomic E-state index is 12.0. The molecule has 0 bridgehead atoms. The number of thiazole rings is 1. The third-order valence-electron chi connectivity index (χ3n) is 2.81. The summed E-state index contributed by atoms with van der Waals surface area (Å²) in [6, 6.07) is 1.68. The van der Waals surface area contributed by atoms with Crippen LogP contribution in [0.1, 0.15) is 27.6 Å². The summed E-state index contributed by atoms with van der Waals surface area (Å²) in [5.41, 5.74) is 1.37. The summed E-state index contributed by atoms with van der Waals surface area (Å²) < 4.78 is 7.16. The number of carbonyl (C=O) groups is 1. The van der Waals surface area contributed by atoms with Gasteiger partial charge in [0.2, 0.25) is 5.88 Å². The zero-order chi connectivity index (χ0) is 13.2. The number of fused-ring (bicyclic) bond motifs is 1. The molecule has 100 valence electrons. The van der Waals surface area contributed by atoms with Gasteiger partial charge in [0.05, 0.1) is 13.2 Å². The molecule has 6 nitrogen and oxygen atoms in total. The number of aromatic nitrogens is 3. The summed E-state index contributed by atoms with van der Waals surface area (Å²) in [7, 11) is 0. The van der Waals surface area contributed by atoms with Crippen molar-refractivity contribution < 1.29 is 9.53 Å². The third kappa shape index (κ3) is 2.60. The fourth-order valence-corrected chi connectivity index (χ4v) is 2.62. The minimum absolute atomic E-state index is 0.196. The quantitative estimate of drug-likeness (QED) is 0.920. The van der Waals surface area contributed by atoms with E-state index in [0.29, 0.717) is 24.7 Å². The minimum atomic E-state index is -0.196. The Morgan fingerprint density at radius 1 is 1.63 bits per heavy atom. The number of hydrogen-bond acceptors (Lipinski definition) is 5. The lowest BCUT2D eigenvalue weighted by Crippen LogP contribution is -2.23. The zero-order valence-electron chi connectivity index (χ0n) is 10.5. The lowest BCUT2D eigenvalue weighted by Gasteiger charge is -2.13. The largest absolute Gasteiger partial charge is 0.478 e. The molecule has 0 radical (unpaired) electrons. The van der Waals surface area contributed by atoms with E-state index >= 15 is 0 Å². The lowest BCUT2D eigenvalue weighted by molar-refractivity contribution is 0.0945. The van der Waals surface area contributed by atoms with E-state index in [-0.39, 0.29) is 5.91 Å². The van der Waals surface area contributed by atoms with Crippen LogP contribution < -0.4 is 10.1 Å². The van der Waals surface area contributed by atoms with Crippen molar-refractivity contribution in [3.05, 3.63) is 27.8 Å².